The van der Waals surface area contributed by atoms with Crippen LogP contribution in [0.5, 0.6) is 0 Å². The number of alkyl carbamates (subject to hydrolysis) is 1. The lowest BCUT2D eigenvalue weighted by atomic mass is 10.2. The molecule has 15 nitrogen and oxygen atoms in total. The first-order valence-electron chi connectivity index (χ1n) is 14.1. The molecule has 1 saturated heterocycles. The minimum absolute atomic E-state index is 0.0297. The second-order valence-electron chi connectivity index (χ2n) is 11.3. The number of nitrogens with one attached hydrogen (secondary N) is 2. The molecule has 45 heavy (non-hydrogen) atoms. The van der Waals surface area contributed by atoms with E-state index >= 15 is 0 Å². The number of thiazole rings is 1. The highest BCUT2D eigenvalue weighted by Gasteiger charge is 2.37. The lowest BCUT2D eigenvalue weighted by Gasteiger charge is -2.33. The standard InChI is InChI=1S/C28H33N7O8S2/c1-28(2,3)43-26(39)29-9-6-12-42-17-19-13-18-14-34(25(38)32-24(18)30-19)15-22(36)33-10-11-35(23(37)16-33)45(40,41)27-31-20-7-4-5-8-21(20)44-27/h4-5,7-8,13-14H,6,9-12,15-17H2,1-3H3,(H,29,39)(H,30,32,38). The van der Waals surface area contributed by atoms with Crippen molar-refractivity contribution in [2.75, 3.05) is 32.8 Å². The topological polar surface area (TPSA) is 186 Å². The molecule has 0 spiro atoms. The largest absolute Gasteiger partial charge is 0.444 e. The molecule has 3 amide bonds. The van der Waals surface area contributed by atoms with Crippen molar-refractivity contribution >= 4 is 60.5 Å². The van der Waals surface area contributed by atoms with Gasteiger partial charge in [-0.1, -0.05) is 12.1 Å². The lowest BCUT2D eigenvalue weighted by Crippen LogP contribution is -2.54. The van der Waals surface area contributed by atoms with Crippen molar-refractivity contribution < 1.29 is 32.3 Å². The number of carbonyl (C=O) groups is 3. The number of hydrogen-bond acceptors (Lipinski definition) is 11. The number of para-hydroxylation sites is 1. The summed E-state index contributed by atoms with van der Waals surface area (Å²) in [5.74, 6) is -1.28. The third-order valence-corrected chi connectivity index (χ3v) is 9.85. The predicted molar refractivity (Wildman–Crippen MR) is 164 cm³/mol. The van der Waals surface area contributed by atoms with E-state index in [1.807, 2.05) is 0 Å². The van der Waals surface area contributed by atoms with Gasteiger partial charge in [-0.15, -0.1) is 11.3 Å². The van der Waals surface area contributed by atoms with Gasteiger partial charge in [-0.05, 0) is 45.4 Å². The van der Waals surface area contributed by atoms with E-state index in [0.29, 0.717) is 46.5 Å². The minimum Gasteiger partial charge on any atom is -0.444 e. The average molecular weight is 660 g/mol. The fraction of sp³-hybridized carbons (Fsp3) is 0.429. The second kappa shape index (κ2) is 12.9. The Hall–Kier alpha value is -4.35. The monoisotopic (exact) mass is 659 g/mol. The number of rotatable bonds is 10. The number of fused-ring (bicyclic) bond motifs is 2. The Morgan fingerprint density at radius 2 is 1.91 bits per heavy atom. The normalized spacial score (nSPS) is 14.3. The van der Waals surface area contributed by atoms with Gasteiger partial charge >= 0.3 is 11.8 Å². The molecule has 0 saturated carbocycles. The summed E-state index contributed by atoms with van der Waals surface area (Å²) in [5.41, 5.74) is 0.278. The molecular weight excluding hydrogens is 626 g/mol. The predicted octanol–water partition coefficient (Wildman–Crippen LogP) is 1.83. The van der Waals surface area contributed by atoms with Gasteiger partial charge in [0, 0.05) is 37.0 Å². The van der Waals surface area contributed by atoms with Crippen LogP contribution in [0.25, 0.3) is 21.3 Å². The number of ether oxygens (including phenoxy) is 2. The van der Waals surface area contributed by atoms with Gasteiger partial charge in [0.05, 0.1) is 23.4 Å². The molecule has 2 N–H and O–H groups in total. The molecule has 0 atom stereocenters. The molecule has 0 bridgehead atoms. The van der Waals surface area contributed by atoms with E-state index in [1.54, 1.807) is 51.1 Å². The maximum Gasteiger partial charge on any atom is 0.407 e. The van der Waals surface area contributed by atoms with Crippen molar-refractivity contribution in [3.63, 3.8) is 0 Å². The fourth-order valence-corrected chi connectivity index (χ4v) is 7.28. The summed E-state index contributed by atoms with van der Waals surface area (Å²) in [6.07, 6.45) is 1.56. The van der Waals surface area contributed by atoms with E-state index < -0.39 is 45.8 Å². The van der Waals surface area contributed by atoms with Gasteiger partial charge in [0.15, 0.2) is 0 Å². The summed E-state index contributed by atoms with van der Waals surface area (Å²) >= 11 is 0.976. The van der Waals surface area contributed by atoms with Crippen molar-refractivity contribution in [1.29, 1.82) is 0 Å². The van der Waals surface area contributed by atoms with Crippen LogP contribution < -0.4 is 11.0 Å². The van der Waals surface area contributed by atoms with Gasteiger partial charge in [0.1, 0.15) is 24.3 Å². The number of nitrogens with zero attached hydrogens (tertiary/aromatic N) is 5. The van der Waals surface area contributed by atoms with Crippen LogP contribution in [0, 0.1) is 0 Å². The average Bonchev–Trinajstić information content (AvgIpc) is 3.58. The summed E-state index contributed by atoms with van der Waals surface area (Å²) in [6, 6.07) is 8.70. The number of H-pyrrole nitrogens is 1. The summed E-state index contributed by atoms with van der Waals surface area (Å²) in [4.78, 5) is 62.6. The zero-order chi connectivity index (χ0) is 32.4. The first kappa shape index (κ1) is 32.1. The molecule has 0 radical (unpaired) electrons. The van der Waals surface area contributed by atoms with E-state index in [4.69, 9.17) is 9.47 Å². The number of aromatic nitrogens is 4. The van der Waals surface area contributed by atoms with Crippen LogP contribution in [0.15, 0.2) is 45.7 Å². The van der Waals surface area contributed by atoms with Crippen LogP contribution in [-0.4, -0.2) is 93.4 Å². The molecule has 5 rings (SSSR count). The number of sulfonamides is 1. The molecule has 1 aliphatic heterocycles. The highest BCUT2D eigenvalue weighted by molar-refractivity contribution is 7.91. The molecule has 17 heteroatoms. The second-order valence-corrected chi connectivity index (χ2v) is 14.4. The van der Waals surface area contributed by atoms with Crippen molar-refractivity contribution in [3.05, 3.63) is 52.7 Å². The SMILES string of the molecule is CC(C)(C)OC(=O)NCCCOCc1cc2cn(CC(=O)N3CCN(S(=O)(=O)c4nc5ccccc5s4)C(=O)C3)c(=O)nc2[nH]1. The van der Waals surface area contributed by atoms with Crippen LogP contribution in [0.4, 0.5) is 4.79 Å². The Morgan fingerprint density at radius 1 is 1.13 bits per heavy atom. The third kappa shape index (κ3) is 7.66. The van der Waals surface area contributed by atoms with E-state index in [2.05, 4.69) is 20.3 Å². The number of carbonyl (C=O) groups excluding carboxylic acids is 3. The summed E-state index contributed by atoms with van der Waals surface area (Å²) in [7, 11) is -4.18. The van der Waals surface area contributed by atoms with E-state index in [9.17, 15) is 27.6 Å². The quantitative estimate of drug-likeness (QED) is 0.238. The van der Waals surface area contributed by atoms with E-state index in [0.717, 1.165) is 20.2 Å². The number of aromatic amines is 1. The zero-order valence-electron chi connectivity index (χ0n) is 24.9. The smallest absolute Gasteiger partial charge is 0.407 e. The molecule has 1 fully saturated rings. The molecular formula is C28H33N7O8S2. The van der Waals surface area contributed by atoms with Gasteiger partial charge < -0.3 is 24.7 Å². The summed E-state index contributed by atoms with van der Waals surface area (Å²) in [6.45, 7) is 5.24. The van der Waals surface area contributed by atoms with Crippen molar-refractivity contribution in [1.82, 2.24) is 34.0 Å². The first-order valence-corrected chi connectivity index (χ1v) is 16.4. The third-order valence-electron chi connectivity index (χ3n) is 6.64. The number of piperazine rings is 1. The van der Waals surface area contributed by atoms with Crippen molar-refractivity contribution in [3.8, 4) is 0 Å². The maximum atomic E-state index is 13.1. The van der Waals surface area contributed by atoms with E-state index in [1.165, 1.54) is 11.1 Å². The highest BCUT2D eigenvalue weighted by atomic mass is 32.2. The zero-order valence-corrected chi connectivity index (χ0v) is 26.6. The maximum absolute atomic E-state index is 13.1. The Balaban J connectivity index is 1.13. The number of benzene rings is 1. The molecule has 0 aliphatic carbocycles. The van der Waals surface area contributed by atoms with Crippen LogP contribution in [-0.2, 0) is 42.2 Å². The van der Waals surface area contributed by atoms with E-state index in [-0.39, 0.29) is 30.6 Å². The Bertz CT molecular complexity index is 1880. The first-order chi connectivity index (χ1) is 21.3. The molecule has 4 heterocycles. The Labute approximate surface area is 262 Å². The fourth-order valence-electron chi connectivity index (χ4n) is 4.57. The summed E-state index contributed by atoms with van der Waals surface area (Å²) < 4.78 is 39.5. The summed E-state index contributed by atoms with van der Waals surface area (Å²) in [5, 5.41) is 3.24. The van der Waals surface area contributed by atoms with Gasteiger partial charge in [0.25, 0.3) is 15.9 Å². The molecule has 3 aromatic heterocycles. The lowest BCUT2D eigenvalue weighted by molar-refractivity contribution is -0.142. The number of hydrogen-bond donors (Lipinski definition) is 2. The molecule has 1 aromatic carbocycles. The molecule has 1 aliphatic rings. The van der Waals surface area contributed by atoms with Crippen LogP contribution in [0.1, 0.15) is 32.9 Å². The van der Waals surface area contributed by atoms with Crippen LogP contribution in [0.3, 0.4) is 0 Å². The van der Waals surface area contributed by atoms with Gasteiger partial charge in [-0.2, -0.15) is 13.4 Å². The number of amides is 3. The van der Waals surface area contributed by atoms with Crippen molar-refractivity contribution in [2.45, 2.75) is 50.3 Å². The minimum atomic E-state index is -4.18. The van der Waals surface area contributed by atoms with Gasteiger partial charge in [-0.25, -0.2) is 18.9 Å². The Morgan fingerprint density at radius 3 is 2.64 bits per heavy atom. The molecule has 0 unspecified atom stereocenters. The Kier molecular flexibility index (Phi) is 9.22. The van der Waals surface area contributed by atoms with Crippen LogP contribution in [0.2, 0.25) is 0 Å². The molecule has 4 aromatic rings. The molecule has 240 valence electrons. The highest BCUT2D eigenvalue weighted by Crippen LogP contribution is 2.28. The van der Waals surface area contributed by atoms with Gasteiger partial charge in [-0.3, -0.25) is 14.2 Å². The van der Waals surface area contributed by atoms with Gasteiger partial charge in [0.2, 0.25) is 10.2 Å². The van der Waals surface area contributed by atoms with Crippen molar-refractivity contribution in [2.24, 2.45) is 0 Å². The van der Waals surface area contributed by atoms with Crippen LogP contribution >= 0.6 is 11.3 Å².